The fraction of sp³-hybridized carbons (Fsp3) is 0.500. The number of aryl methyl sites for hydroxylation is 1. The third kappa shape index (κ3) is 4.90. The van der Waals surface area contributed by atoms with E-state index in [-0.39, 0.29) is 5.91 Å². The summed E-state index contributed by atoms with van der Waals surface area (Å²) in [6, 6.07) is 10.6. The van der Waals surface area contributed by atoms with Crippen LogP contribution in [0.25, 0.3) is 0 Å². The maximum Gasteiger partial charge on any atom is 0.265 e. The van der Waals surface area contributed by atoms with E-state index in [9.17, 15) is 4.79 Å². The molecule has 1 aliphatic heterocycles. The van der Waals surface area contributed by atoms with Crippen LogP contribution in [0.5, 0.6) is 0 Å². The van der Waals surface area contributed by atoms with Gasteiger partial charge in [-0.2, -0.15) is 0 Å². The molecule has 0 aliphatic carbocycles. The van der Waals surface area contributed by atoms with Crippen molar-refractivity contribution < 1.29 is 9.53 Å². The van der Waals surface area contributed by atoms with Gasteiger partial charge in [-0.1, -0.05) is 30.3 Å². The molecule has 26 heavy (non-hydrogen) atoms. The molecule has 1 saturated heterocycles. The normalized spacial score (nSPS) is 18.7. The molecule has 0 spiro atoms. The zero-order chi connectivity index (χ0) is 18.4. The van der Waals surface area contributed by atoms with Gasteiger partial charge in [0.05, 0.1) is 17.8 Å². The number of thiazole rings is 1. The Bertz CT molecular complexity index is 704. The number of amides is 1. The van der Waals surface area contributed by atoms with Gasteiger partial charge in [0.15, 0.2) is 0 Å². The van der Waals surface area contributed by atoms with Crippen LogP contribution in [0.3, 0.4) is 0 Å². The smallest absolute Gasteiger partial charge is 0.265 e. The highest BCUT2D eigenvalue weighted by molar-refractivity contribution is 7.11. The molecular weight excluding hydrogens is 346 g/mol. The number of ether oxygens (including phenoxy) is 1. The van der Waals surface area contributed by atoms with E-state index in [1.807, 2.05) is 11.8 Å². The Morgan fingerprint density at radius 2 is 2.08 bits per heavy atom. The van der Waals surface area contributed by atoms with E-state index in [4.69, 9.17) is 4.74 Å². The van der Waals surface area contributed by atoms with Gasteiger partial charge in [-0.3, -0.25) is 4.79 Å². The van der Waals surface area contributed by atoms with Crippen LogP contribution in [-0.4, -0.2) is 67.1 Å². The molecule has 0 saturated carbocycles. The zero-order valence-corrected chi connectivity index (χ0v) is 16.4. The van der Waals surface area contributed by atoms with Crippen molar-refractivity contribution in [2.45, 2.75) is 13.3 Å². The molecule has 1 amide bonds. The molecule has 1 atom stereocenters. The number of rotatable bonds is 6. The number of aromatic nitrogens is 1. The Labute approximate surface area is 159 Å². The van der Waals surface area contributed by atoms with Crippen molar-refractivity contribution in [3.63, 3.8) is 0 Å². The van der Waals surface area contributed by atoms with Gasteiger partial charge in [0.1, 0.15) is 4.88 Å². The van der Waals surface area contributed by atoms with Crippen LogP contribution in [0, 0.1) is 12.8 Å². The summed E-state index contributed by atoms with van der Waals surface area (Å²) in [5, 5.41) is 0. The van der Waals surface area contributed by atoms with Crippen molar-refractivity contribution in [2.75, 3.05) is 46.4 Å². The minimum absolute atomic E-state index is 0.107. The van der Waals surface area contributed by atoms with Crippen molar-refractivity contribution >= 4 is 17.2 Å². The predicted molar refractivity (Wildman–Crippen MR) is 105 cm³/mol. The summed E-state index contributed by atoms with van der Waals surface area (Å²) in [7, 11) is 1.73. The summed E-state index contributed by atoms with van der Waals surface area (Å²) in [6.45, 7) is 6.94. The molecule has 0 radical (unpaired) electrons. The van der Waals surface area contributed by atoms with Crippen molar-refractivity contribution in [1.82, 2.24) is 14.8 Å². The van der Waals surface area contributed by atoms with Crippen molar-refractivity contribution in [3.8, 4) is 0 Å². The molecule has 2 aromatic rings. The first-order chi connectivity index (χ1) is 12.7. The maximum absolute atomic E-state index is 12.9. The minimum atomic E-state index is 0.107. The van der Waals surface area contributed by atoms with Gasteiger partial charge < -0.3 is 14.5 Å². The van der Waals surface area contributed by atoms with Crippen LogP contribution in [0.1, 0.15) is 20.9 Å². The standard InChI is InChI=1S/C20H27N3O2S/c1-16-19(26-15-21-16)20(24)23-11-10-22(12-18(13-23)14-25-2)9-8-17-6-4-3-5-7-17/h3-7,15,18H,8-14H2,1-2H3/t18-/m0/s1. The van der Waals surface area contributed by atoms with Crippen LogP contribution in [0.15, 0.2) is 35.8 Å². The number of hydrogen-bond acceptors (Lipinski definition) is 5. The van der Waals surface area contributed by atoms with Gasteiger partial charge in [-0.05, 0) is 18.9 Å². The second kappa shape index (κ2) is 9.26. The summed E-state index contributed by atoms with van der Waals surface area (Å²) in [4.78, 5) is 22.3. The summed E-state index contributed by atoms with van der Waals surface area (Å²) in [5.41, 5.74) is 3.93. The van der Waals surface area contributed by atoms with Gasteiger partial charge >= 0.3 is 0 Å². The van der Waals surface area contributed by atoms with E-state index in [1.165, 1.54) is 16.9 Å². The average molecular weight is 374 g/mol. The number of benzene rings is 1. The summed E-state index contributed by atoms with van der Waals surface area (Å²) in [5.74, 6) is 0.437. The molecular formula is C20H27N3O2S. The highest BCUT2D eigenvalue weighted by Gasteiger charge is 2.27. The molecule has 2 heterocycles. The van der Waals surface area contributed by atoms with Crippen molar-refractivity contribution in [2.24, 2.45) is 5.92 Å². The number of methoxy groups -OCH3 is 1. The summed E-state index contributed by atoms with van der Waals surface area (Å²) >= 11 is 1.43. The SMILES string of the molecule is COC[C@H]1CN(CCc2ccccc2)CCN(C(=O)c2scnc2C)C1. The number of hydrogen-bond donors (Lipinski definition) is 0. The Hall–Kier alpha value is -1.76. The molecule has 3 rings (SSSR count). The van der Waals surface area contributed by atoms with Crippen LogP contribution < -0.4 is 0 Å². The van der Waals surface area contributed by atoms with E-state index in [2.05, 4.69) is 40.2 Å². The topological polar surface area (TPSA) is 45.7 Å². The van der Waals surface area contributed by atoms with Crippen LogP contribution >= 0.6 is 11.3 Å². The Morgan fingerprint density at radius 1 is 1.27 bits per heavy atom. The molecule has 5 nitrogen and oxygen atoms in total. The zero-order valence-electron chi connectivity index (χ0n) is 15.6. The first kappa shape index (κ1) is 19.0. The van der Waals surface area contributed by atoms with Gasteiger partial charge in [0.25, 0.3) is 5.91 Å². The molecule has 1 aromatic carbocycles. The number of carbonyl (C=O) groups is 1. The fourth-order valence-electron chi connectivity index (χ4n) is 3.49. The second-order valence-electron chi connectivity index (χ2n) is 6.88. The molecule has 0 unspecified atom stereocenters. The van der Waals surface area contributed by atoms with E-state index in [1.54, 1.807) is 12.6 Å². The van der Waals surface area contributed by atoms with Gasteiger partial charge in [-0.15, -0.1) is 11.3 Å². The van der Waals surface area contributed by atoms with E-state index >= 15 is 0 Å². The van der Waals surface area contributed by atoms with Crippen LogP contribution in [-0.2, 0) is 11.2 Å². The number of carbonyl (C=O) groups excluding carboxylic acids is 1. The van der Waals surface area contributed by atoms with Gasteiger partial charge in [0.2, 0.25) is 0 Å². The fourth-order valence-corrected chi connectivity index (χ4v) is 4.26. The summed E-state index contributed by atoms with van der Waals surface area (Å²) in [6.07, 6.45) is 1.03. The maximum atomic E-state index is 12.9. The van der Waals surface area contributed by atoms with E-state index in [0.29, 0.717) is 12.5 Å². The molecule has 6 heteroatoms. The lowest BCUT2D eigenvalue weighted by Gasteiger charge is -2.24. The Morgan fingerprint density at radius 3 is 2.77 bits per heavy atom. The minimum Gasteiger partial charge on any atom is -0.384 e. The lowest BCUT2D eigenvalue weighted by molar-refractivity contribution is 0.0710. The monoisotopic (exact) mass is 373 g/mol. The van der Waals surface area contributed by atoms with Gasteiger partial charge in [-0.25, -0.2) is 4.98 Å². The number of nitrogens with zero attached hydrogens (tertiary/aromatic N) is 3. The average Bonchev–Trinajstić information content (AvgIpc) is 2.97. The van der Waals surface area contributed by atoms with E-state index < -0.39 is 0 Å². The first-order valence-corrected chi connectivity index (χ1v) is 10.00. The third-order valence-corrected chi connectivity index (χ3v) is 5.79. The predicted octanol–water partition coefficient (Wildman–Crippen LogP) is 2.71. The summed E-state index contributed by atoms with van der Waals surface area (Å²) < 4.78 is 5.42. The first-order valence-electron chi connectivity index (χ1n) is 9.12. The Kier molecular flexibility index (Phi) is 6.77. The van der Waals surface area contributed by atoms with E-state index in [0.717, 1.165) is 49.7 Å². The van der Waals surface area contributed by atoms with Crippen molar-refractivity contribution in [1.29, 1.82) is 0 Å². The quantitative estimate of drug-likeness (QED) is 0.781. The second-order valence-corrected chi connectivity index (χ2v) is 7.73. The van der Waals surface area contributed by atoms with Crippen LogP contribution in [0.4, 0.5) is 0 Å². The highest BCUT2D eigenvalue weighted by Crippen LogP contribution is 2.19. The molecule has 1 aliphatic rings. The third-order valence-electron chi connectivity index (χ3n) is 4.87. The van der Waals surface area contributed by atoms with Crippen molar-refractivity contribution in [3.05, 3.63) is 52.0 Å². The molecule has 0 N–H and O–H groups in total. The molecule has 1 fully saturated rings. The lowest BCUT2D eigenvalue weighted by Crippen LogP contribution is -2.36. The molecule has 140 valence electrons. The lowest BCUT2D eigenvalue weighted by atomic mass is 10.1. The van der Waals surface area contributed by atoms with Gasteiger partial charge in [0, 0.05) is 45.8 Å². The molecule has 0 bridgehead atoms. The molecule has 1 aromatic heterocycles. The largest absolute Gasteiger partial charge is 0.384 e. The van der Waals surface area contributed by atoms with Crippen LogP contribution in [0.2, 0.25) is 0 Å². The Balaban J connectivity index is 1.64. The highest BCUT2D eigenvalue weighted by atomic mass is 32.1.